The Bertz CT molecular complexity index is 427. The lowest BCUT2D eigenvalue weighted by Gasteiger charge is -2.13. The zero-order valence-electron chi connectivity index (χ0n) is 11.7. The van der Waals surface area contributed by atoms with Gasteiger partial charge in [0.25, 0.3) is 0 Å². The highest BCUT2D eigenvalue weighted by Gasteiger charge is 2.07. The van der Waals surface area contributed by atoms with E-state index in [1.165, 1.54) is 22.3 Å². The van der Waals surface area contributed by atoms with Crippen LogP contribution in [0.2, 0.25) is 0 Å². The lowest BCUT2D eigenvalue weighted by molar-refractivity contribution is -0.137. The summed E-state index contributed by atoms with van der Waals surface area (Å²) in [6.45, 7) is 9.84. The molecule has 0 saturated carbocycles. The van der Waals surface area contributed by atoms with Crippen molar-refractivity contribution in [2.24, 2.45) is 5.92 Å². The van der Waals surface area contributed by atoms with Crippen LogP contribution in [0.25, 0.3) is 0 Å². The number of carboxylic acid groups (broad SMARTS) is 1. The van der Waals surface area contributed by atoms with Gasteiger partial charge in [-0.1, -0.05) is 19.1 Å². The average molecular weight is 249 g/mol. The molecule has 1 atom stereocenters. The highest BCUT2D eigenvalue weighted by Crippen LogP contribution is 2.15. The van der Waals surface area contributed by atoms with Crippen molar-refractivity contribution in [2.75, 3.05) is 6.54 Å². The van der Waals surface area contributed by atoms with Gasteiger partial charge in [0.2, 0.25) is 0 Å². The summed E-state index contributed by atoms with van der Waals surface area (Å²) in [5.41, 5.74) is 5.20. The summed E-state index contributed by atoms with van der Waals surface area (Å²) in [6, 6.07) is 4.41. The Morgan fingerprint density at radius 2 is 1.83 bits per heavy atom. The van der Waals surface area contributed by atoms with Crippen LogP contribution in [-0.4, -0.2) is 17.6 Å². The summed E-state index contributed by atoms with van der Waals surface area (Å²) >= 11 is 0. The third kappa shape index (κ3) is 4.49. The molecular weight excluding hydrogens is 226 g/mol. The van der Waals surface area contributed by atoms with E-state index in [1.807, 2.05) is 6.92 Å². The van der Waals surface area contributed by atoms with Crippen LogP contribution in [0, 0.1) is 26.7 Å². The molecule has 100 valence electrons. The van der Waals surface area contributed by atoms with Gasteiger partial charge in [-0.15, -0.1) is 0 Å². The van der Waals surface area contributed by atoms with E-state index in [0.29, 0.717) is 0 Å². The third-order valence-corrected chi connectivity index (χ3v) is 3.28. The maximum absolute atomic E-state index is 10.6. The Morgan fingerprint density at radius 3 is 2.44 bits per heavy atom. The van der Waals surface area contributed by atoms with Crippen LogP contribution < -0.4 is 5.32 Å². The van der Waals surface area contributed by atoms with Crippen molar-refractivity contribution in [3.63, 3.8) is 0 Å². The van der Waals surface area contributed by atoms with Gasteiger partial charge in [0.05, 0.1) is 0 Å². The monoisotopic (exact) mass is 249 g/mol. The molecule has 0 aromatic heterocycles. The second kappa shape index (κ2) is 6.55. The Labute approximate surface area is 109 Å². The maximum Gasteiger partial charge on any atom is 0.303 e. The topological polar surface area (TPSA) is 49.3 Å². The largest absolute Gasteiger partial charge is 0.481 e. The number of hydrogen-bond donors (Lipinski definition) is 2. The van der Waals surface area contributed by atoms with Crippen molar-refractivity contribution in [1.29, 1.82) is 0 Å². The van der Waals surface area contributed by atoms with Crippen LogP contribution in [0.3, 0.4) is 0 Å². The number of benzene rings is 1. The molecule has 1 unspecified atom stereocenters. The van der Waals surface area contributed by atoms with Gasteiger partial charge in [0, 0.05) is 13.0 Å². The molecule has 1 aromatic carbocycles. The molecule has 18 heavy (non-hydrogen) atoms. The fourth-order valence-corrected chi connectivity index (χ4v) is 2.03. The van der Waals surface area contributed by atoms with Gasteiger partial charge in [0.15, 0.2) is 0 Å². The summed E-state index contributed by atoms with van der Waals surface area (Å²) in [5.74, 6) is -0.569. The molecule has 0 saturated heterocycles. The zero-order valence-corrected chi connectivity index (χ0v) is 11.7. The molecule has 0 radical (unpaired) electrons. The van der Waals surface area contributed by atoms with E-state index >= 15 is 0 Å². The summed E-state index contributed by atoms with van der Waals surface area (Å²) in [4.78, 5) is 10.6. The van der Waals surface area contributed by atoms with Crippen molar-refractivity contribution in [3.05, 3.63) is 34.4 Å². The van der Waals surface area contributed by atoms with Crippen LogP contribution >= 0.6 is 0 Å². The average Bonchev–Trinajstić information content (AvgIpc) is 2.24. The second-order valence-corrected chi connectivity index (χ2v) is 5.20. The quantitative estimate of drug-likeness (QED) is 0.815. The molecule has 0 spiro atoms. The van der Waals surface area contributed by atoms with E-state index in [0.717, 1.165) is 13.1 Å². The Balaban J connectivity index is 2.49. The van der Waals surface area contributed by atoms with Gasteiger partial charge in [-0.2, -0.15) is 0 Å². The first-order chi connectivity index (χ1) is 8.40. The summed E-state index contributed by atoms with van der Waals surface area (Å²) in [7, 11) is 0. The third-order valence-electron chi connectivity index (χ3n) is 3.28. The smallest absolute Gasteiger partial charge is 0.303 e. The lowest BCUT2D eigenvalue weighted by atomic mass is 10.0. The molecule has 0 heterocycles. The number of rotatable bonds is 6. The summed E-state index contributed by atoms with van der Waals surface area (Å²) in [6.07, 6.45) is 0.221. The lowest BCUT2D eigenvalue weighted by Crippen LogP contribution is -2.23. The molecule has 0 aliphatic carbocycles. The van der Waals surface area contributed by atoms with E-state index in [1.54, 1.807) is 0 Å². The molecule has 3 heteroatoms. The minimum Gasteiger partial charge on any atom is -0.481 e. The van der Waals surface area contributed by atoms with Crippen molar-refractivity contribution in [2.45, 2.75) is 40.7 Å². The van der Waals surface area contributed by atoms with Crippen LogP contribution in [0.15, 0.2) is 12.1 Å². The first-order valence-corrected chi connectivity index (χ1v) is 6.39. The van der Waals surface area contributed by atoms with Crippen molar-refractivity contribution >= 4 is 5.97 Å². The number of aliphatic carboxylic acids is 1. The van der Waals surface area contributed by atoms with Gasteiger partial charge < -0.3 is 10.4 Å². The van der Waals surface area contributed by atoms with Gasteiger partial charge in [-0.05, 0) is 55.5 Å². The summed E-state index contributed by atoms with van der Waals surface area (Å²) in [5, 5.41) is 12.0. The molecule has 2 N–H and O–H groups in total. The van der Waals surface area contributed by atoms with Crippen LogP contribution in [0.1, 0.15) is 35.6 Å². The Hall–Kier alpha value is -1.35. The van der Waals surface area contributed by atoms with Gasteiger partial charge in [-0.25, -0.2) is 0 Å². The first kappa shape index (κ1) is 14.7. The van der Waals surface area contributed by atoms with Crippen LogP contribution in [0.5, 0.6) is 0 Å². The van der Waals surface area contributed by atoms with Crippen molar-refractivity contribution in [3.8, 4) is 0 Å². The van der Waals surface area contributed by atoms with Crippen molar-refractivity contribution in [1.82, 2.24) is 5.32 Å². The Kier molecular flexibility index (Phi) is 5.35. The molecule has 1 aromatic rings. The predicted octanol–water partition coefficient (Wildman–Crippen LogP) is 2.81. The first-order valence-electron chi connectivity index (χ1n) is 6.39. The fourth-order valence-electron chi connectivity index (χ4n) is 2.03. The summed E-state index contributed by atoms with van der Waals surface area (Å²) < 4.78 is 0. The zero-order chi connectivity index (χ0) is 13.7. The van der Waals surface area contributed by atoms with E-state index in [-0.39, 0.29) is 12.3 Å². The fraction of sp³-hybridized carbons (Fsp3) is 0.533. The maximum atomic E-state index is 10.6. The molecule has 0 fully saturated rings. The SMILES string of the molecule is Cc1cc(C)c(CNCC(C)CC(=O)O)cc1C. The number of hydrogen-bond acceptors (Lipinski definition) is 2. The second-order valence-electron chi connectivity index (χ2n) is 5.20. The van der Waals surface area contributed by atoms with E-state index in [2.05, 4.69) is 38.2 Å². The van der Waals surface area contributed by atoms with Gasteiger partial charge >= 0.3 is 5.97 Å². The Morgan fingerprint density at radius 1 is 1.22 bits per heavy atom. The number of carboxylic acids is 1. The minimum atomic E-state index is -0.730. The standard InChI is InChI=1S/C15H23NO2/c1-10(5-15(17)18)8-16-9-14-7-12(3)11(2)6-13(14)4/h6-7,10,16H,5,8-9H2,1-4H3,(H,17,18). The van der Waals surface area contributed by atoms with E-state index in [9.17, 15) is 4.79 Å². The molecule has 0 bridgehead atoms. The molecule has 3 nitrogen and oxygen atoms in total. The highest BCUT2D eigenvalue weighted by atomic mass is 16.4. The van der Waals surface area contributed by atoms with E-state index in [4.69, 9.17) is 5.11 Å². The predicted molar refractivity (Wildman–Crippen MR) is 73.8 cm³/mol. The molecule has 0 aliphatic rings. The number of carbonyl (C=O) groups is 1. The molecule has 0 amide bonds. The van der Waals surface area contributed by atoms with Gasteiger partial charge in [0.1, 0.15) is 0 Å². The van der Waals surface area contributed by atoms with Crippen molar-refractivity contribution < 1.29 is 9.90 Å². The normalized spacial score (nSPS) is 12.4. The molecular formula is C15H23NO2. The van der Waals surface area contributed by atoms with Gasteiger partial charge in [-0.3, -0.25) is 4.79 Å². The van der Waals surface area contributed by atoms with E-state index < -0.39 is 5.97 Å². The molecule has 0 aliphatic heterocycles. The van der Waals surface area contributed by atoms with Crippen LogP contribution in [-0.2, 0) is 11.3 Å². The molecule has 1 rings (SSSR count). The number of nitrogens with one attached hydrogen (secondary N) is 1. The highest BCUT2D eigenvalue weighted by molar-refractivity contribution is 5.66. The van der Waals surface area contributed by atoms with Crippen LogP contribution in [0.4, 0.5) is 0 Å². The minimum absolute atomic E-state index is 0.161. The number of aryl methyl sites for hydroxylation is 3.